The van der Waals surface area contributed by atoms with Crippen LogP contribution in [0.3, 0.4) is 0 Å². The summed E-state index contributed by atoms with van der Waals surface area (Å²) in [4.78, 5) is 0.219. The maximum absolute atomic E-state index is 12.2. The zero-order valence-corrected chi connectivity index (χ0v) is 12.7. The highest BCUT2D eigenvalue weighted by atomic mass is 32.2. The van der Waals surface area contributed by atoms with Gasteiger partial charge >= 0.3 is 0 Å². The molecular formula is C14H21NO4S. The molecule has 0 radical (unpaired) electrons. The maximum atomic E-state index is 12.2. The summed E-state index contributed by atoms with van der Waals surface area (Å²) in [6.45, 7) is 4.29. The van der Waals surface area contributed by atoms with Crippen LogP contribution in [-0.2, 0) is 16.4 Å². The minimum absolute atomic E-state index is 0.0237. The Bertz CT molecular complexity index is 579. The van der Waals surface area contributed by atoms with Gasteiger partial charge in [0.05, 0.1) is 17.1 Å². The number of nitrogens with one attached hydrogen (secondary N) is 1. The lowest BCUT2D eigenvalue weighted by Crippen LogP contribution is -2.41. The first-order chi connectivity index (χ1) is 9.40. The van der Waals surface area contributed by atoms with Crippen molar-refractivity contribution in [1.82, 2.24) is 4.72 Å². The van der Waals surface area contributed by atoms with E-state index in [0.717, 1.165) is 17.7 Å². The zero-order valence-electron chi connectivity index (χ0n) is 11.8. The van der Waals surface area contributed by atoms with Crippen LogP contribution in [0, 0.1) is 0 Å². The highest BCUT2D eigenvalue weighted by molar-refractivity contribution is 7.89. The highest BCUT2D eigenvalue weighted by Gasteiger charge is 2.26. The molecule has 1 heterocycles. The van der Waals surface area contributed by atoms with Crippen molar-refractivity contribution in [3.8, 4) is 5.75 Å². The Balaban J connectivity index is 2.15. The molecule has 2 rings (SSSR count). The van der Waals surface area contributed by atoms with E-state index in [2.05, 4.69) is 4.72 Å². The maximum Gasteiger partial charge on any atom is 0.240 e. The van der Waals surface area contributed by atoms with Gasteiger partial charge in [0.2, 0.25) is 10.0 Å². The summed E-state index contributed by atoms with van der Waals surface area (Å²) in [6, 6.07) is 4.85. The number of sulfonamides is 1. The first-order valence-electron chi connectivity index (χ1n) is 6.88. The number of rotatable bonds is 6. The SMILES string of the molecule is CCC(O)(CC)CNS(=O)(=O)c1ccc2c(c1)CCO2. The Morgan fingerprint density at radius 1 is 1.35 bits per heavy atom. The van der Waals surface area contributed by atoms with Crippen LogP contribution in [0.4, 0.5) is 0 Å². The van der Waals surface area contributed by atoms with Gasteiger partial charge in [-0.25, -0.2) is 13.1 Å². The number of fused-ring (bicyclic) bond motifs is 1. The Morgan fingerprint density at radius 2 is 2.05 bits per heavy atom. The summed E-state index contributed by atoms with van der Waals surface area (Å²) < 4.78 is 32.3. The van der Waals surface area contributed by atoms with Crippen LogP contribution < -0.4 is 9.46 Å². The van der Waals surface area contributed by atoms with Crippen molar-refractivity contribution in [3.05, 3.63) is 23.8 Å². The van der Waals surface area contributed by atoms with Crippen LogP contribution in [-0.4, -0.2) is 32.3 Å². The van der Waals surface area contributed by atoms with Crippen LogP contribution in [0.25, 0.3) is 0 Å². The van der Waals surface area contributed by atoms with E-state index >= 15 is 0 Å². The van der Waals surface area contributed by atoms with Gasteiger partial charge in [-0.15, -0.1) is 0 Å². The van der Waals surface area contributed by atoms with Gasteiger partial charge in [0.15, 0.2) is 0 Å². The predicted molar refractivity (Wildman–Crippen MR) is 76.4 cm³/mol. The molecule has 0 amide bonds. The molecule has 0 unspecified atom stereocenters. The van der Waals surface area contributed by atoms with Crippen LogP contribution in [0.1, 0.15) is 32.3 Å². The van der Waals surface area contributed by atoms with E-state index in [1.165, 1.54) is 6.07 Å². The Kier molecular flexibility index (Phi) is 4.36. The van der Waals surface area contributed by atoms with Gasteiger partial charge in [-0.2, -0.15) is 0 Å². The normalized spacial score (nSPS) is 14.9. The molecule has 0 aromatic heterocycles. The van der Waals surface area contributed by atoms with Crippen molar-refractivity contribution in [1.29, 1.82) is 0 Å². The molecule has 0 spiro atoms. The third-order valence-corrected chi connectivity index (χ3v) is 5.28. The number of benzene rings is 1. The molecule has 0 aliphatic carbocycles. The van der Waals surface area contributed by atoms with E-state index in [1.807, 2.05) is 13.8 Å². The van der Waals surface area contributed by atoms with E-state index in [9.17, 15) is 13.5 Å². The van der Waals surface area contributed by atoms with E-state index < -0.39 is 15.6 Å². The Hall–Kier alpha value is -1.11. The van der Waals surface area contributed by atoms with Gasteiger partial charge in [-0.3, -0.25) is 0 Å². The second-order valence-corrected chi connectivity index (χ2v) is 6.89. The molecule has 1 aliphatic heterocycles. The number of ether oxygens (including phenoxy) is 1. The lowest BCUT2D eigenvalue weighted by molar-refractivity contribution is 0.0377. The minimum atomic E-state index is -3.60. The predicted octanol–water partition coefficient (Wildman–Crippen LogP) is 1.45. The van der Waals surface area contributed by atoms with Crippen LogP contribution in [0.15, 0.2) is 23.1 Å². The smallest absolute Gasteiger partial charge is 0.240 e. The van der Waals surface area contributed by atoms with E-state index in [4.69, 9.17) is 4.74 Å². The van der Waals surface area contributed by atoms with Gasteiger partial charge in [0, 0.05) is 13.0 Å². The van der Waals surface area contributed by atoms with Crippen molar-refractivity contribution < 1.29 is 18.3 Å². The Labute approximate surface area is 120 Å². The largest absolute Gasteiger partial charge is 0.493 e. The van der Waals surface area contributed by atoms with Gasteiger partial charge in [0.25, 0.3) is 0 Å². The molecule has 0 fully saturated rings. The summed E-state index contributed by atoms with van der Waals surface area (Å²) >= 11 is 0. The fraction of sp³-hybridized carbons (Fsp3) is 0.571. The fourth-order valence-corrected chi connectivity index (χ4v) is 3.31. The van der Waals surface area contributed by atoms with Crippen LogP contribution in [0.5, 0.6) is 5.75 Å². The second kappa shape index (κ2) is 5.71. The summed E-state index contributed by atoms with van der Waals surface area (Å²) in [5, 5.41) is 10.1. The highest BCUT2D eigenvalue weighted by Crippen LogP contribution is 2.27. The fourth-order valence-electron chi connectivity index (χ4n) is 2.14. The van der Waals surface area contributed by atoms with Crippen LogP contribution in [0.2, 0.25) is 0 Å². The molecular weight excluding hydrogens is 278 g/mol. The lowest BCUT2D eigenvalue weighted by atomic mass is 9.98. The second-order valence-electron chi connectivity index (χ2n) is 5.12. The van der Waals surface area contributed by atoms with E-state index in [0.29, 0.717) is 19.4 Å². The molecule has 20 heavy (non-hydrogen) atoms. The summed E-state index contributed by atoms with van der Waals surface area (Å²) in [5.41, 5.74) is -0.0819. The van der Waals surface area contributed by atoms with Gasteiger partial charge in [-0.05, 0) is 36.6 Å². The van der Waals surface area contributed by atoms with E-state index in [-0.39, 0.29) is 11.4 Å². The van der Waals surface area contributed by atoms with Crippen molar-refractivity contribution in [2.75, 3.05) is 13.2 Å². The number of aliphatic hydroxyl groups is 1. The number of hydrogen-bond donors (Lipinski definition) is 2. The molecule has 1 aromatic rings. The zero-order chi connectivity index (χ0) is 14.8. The molecule has 0 saturated carbocycles. The van der Waals surface area contributed by atoms with Gasteiger partial charge < -0.3 is 9.84 Å². The molecule has 1 aromatic carbocycles. The molecule has 1 aliphatic rings. The molecule has 6 heteroatoms. The van der Waals surface area contributed by atoms with Crippen LogP contribution >= 0.6 is 0 Å². The monoisotopic (exact) mass is 299 g/mol. The average molecular weight is 299 g/mol. The summed E-state index contributed by atoms with van der Waals surface area (Å²) in [7, 11) is -3.60. The van der Waals surface area contributed by atoms with Crippen molar-refractivity contribution in [2.45, 2.75) is 43.6 Å². The molecule has 112 valence electrons. The van der Waals surface area contributed by atoms with E-state index in [1.54, 1.807) is 12.1 Å². The molecule has 0 bridgehead atoms. The quantitative estimate of drug-likeness (QED) is 0.833. The van der Waals surface area contributed by atoms with Crippen molar-refractivity contribution in [3.63, 3.8) is 0 Å². The molecule has 0 saturated heterocycles. The summed E-state index contributed by atoms with van der Waals surface area (Å²) in [6.07, 6.45) is 1.74. The van der Waals surface area contributed by atoms with Gasteiger partial charge in [0.1, 0.15) is 5.75 Å². The topological polar surface area (TPSA) is 75.6 Å². The van der Waals surface area contributed by atoms with Crippen molar-refractivity contribution >= 4 is 10.0 Å². The third-order valence-electron chi connectivity index (χ3n) is 3.88. The molecule has 0 atom stereocenters. The summed E-state index contributed by atoms with van der Waals surface area (Å²) in [5.74, 6) is 0.752. The minimum Gasteiger partial charge on any atom is -0.493 e. The standard InChI is InChI=1S/C14H21NO4S/c1-3-14(16,4-2)10-15-20(17,18)12-5-6-13-11(9-12)7-8-19-13/h5-6,9,15-16H,3-4,7-8,10H2,1-2H3. The van der Waals surface area contributed by atoms with Crippen molar-refractivity contribution in [2.24, 2.45) is 0 Å². The lowest BCUT2D eigenvalue weighted by Gasteiger charge is -2.25. The molecule has 2 N–H and O–H groups in total. The first-order valence-corrected chi connectivity index (χ1v) is 8.36. The third kappa shape index (κ3) is 3.13. The van der Waals surface area contributed by atoms with Gasteiger partial charge in [-0.1, -0.05) is 13.8 Å². The first kappa shape index (κ1) is 15.3. The molecule has 5 nitrogen and oxygen atoms in total. The average Bonchev–Trinajstić information content (AvgIpc) is 2.92. The number of hydrogen-bond acceptors (Lipinski definition) is 4. The Morgan fingerprint density at radius 3 is 2.70 bits per heavy atom.